The van der Waals surface area contributed by atoms with E-state index in [2.05, 4.69) is 39.1 Å². The maximum atomic E-state index is 5.41. The number of halogens is 1. The maximum absolute atomic E-state index is 5.41. The first kappa shape index (κ1) is 12.9. The molecule has 94 valence electrons. The first-order valence-electron chi connectivity index (χ1n) is 5.97. The summed E-state index contributed by atoms with van der Waals surface area (Å²) in [7, 11) is 1.73. The molecule has 1 atom stereocenters. The fraction of sp³-hybridized carbons (Fsp3) is 0.538. The van der Waals surface area contributed by atoms with Crippen molar-refractivity contribution in [1.82, 2.24) is 10.2 Å². The molecule has 4 heteroatoms. The molecule has 0 amide bonds. The van der Waals surface area contributed by atoms with Gasteiger partial charge in [0.25, 0.3) is 0 Å². The second-order valence-corrected chi connectivity index (χ2v) is 5.46. The van der Waals surface area contributed by atoms with Gasteiger partial charge in [0.1, 0.15) is 5.75 Å². The molecule has 1 aromatic carbocycles. The van der Waals surface area contributed by atoms with Crippen LogP contribution in [0.5, 0.6) is 5.75 Å². The highest BCUT2D eigenvalue weighted by atomic mass is 79.9. The Kier molecular flexibility index (Phi) is 4.42. The van der Waals surface area contributed by atoms with E-state index in [9.17, 15) is 0 Å². The molecule has 2 rings (SSSR count). The lowest BCUT2D eigenvalue weighted by molar-refractivity contribution is 0.197. The van der Waals surface area contributed by atoms with Crippen molar-refractivity contribution in [3.63, 3.8) is 0 Å². The maximum Gasteiger partial charge on any atom is 0.123 e. The van der Waals surface area contributed by atoms with Gasteiger partial charge in [0, 0.05) is 42.3 Å². The van der Waals surface area contributed by atoms with Gasteiger partial charge >= 0.3 is 0 Å². The third kappa shape index (κ3) is 3.44. The quantitative estimate of drug-likeness (QED) is 0.926. The van der Waals surface area contributed by atoms with Gasteiger partial charge in [-0.2, -0.15) is 0 Å². The highest BCUT2D eigenvalue weighted by Crippen LogP contribution is 2.24. The van der Waals surface area contributed by atoms with Crippen LogP contribution in [-0.2, 0) is 6.54 Å². The number of nitrogens with one attached hydrogen (secondary N) is 1. The summed E-state index contributed by atoms with van der Waals surface area (Å²) in [5.74, 6) is 0.972. The Morgan fingerprint density at radius 2 is 2.35 bits per heavy atom. The van der Waals surface area contributed by atoms with E-state index >= 15 is 0 Å². The lowest BCUT2D eigenvalue weighted by Gasteiger charge is -2.32. The van der Waals surface area contributed by atoms with E-state index in [-0.39, 0.29) is 0 Å². The van der Waals surface area contributed by atoms with E-state index < -0.39 is 0 Å². The summed E-state index contributed by atoms with van der Waals surface area (Å²) >= 11 is 3.52. The molecule has 0 unspecified atom stereocenters. The van der Waals surface area contributed by atoms with Gasteiger partial charge in [0.05, 0.1) is 7.11 Å². The molecule has 1 N–H and O–H groups in total. The van der Waals surface area contributed by atoms with Crippen molar-refractivity contribution in [2.24, 2.45) is 0 Å². The van der Waals surface area contributed by atoms with Crippen LogP contribution in [0.3, 0.4) is 0 Å². The summed E-state index contributed by atoms with van der Waals surface area (Å²) in [5, 5.41) is 3.46. The fourth-order valence-corrected chi connectivity index (χ4v) is 2.68. The van der Waals surface area contributed by atoms with Crippen molar-refractivity contribution >= 4 is 15.9 Å². The fourth-order valence-electron chi connectivity index (χ4n) is 2.27. The minimum atomic E-state index is 0.571. The summed E-state index contributed by atoms with van der Waals surface area (Å²) in [5.41, 5.74) is 1.25. The first-order chi connectivity index (χ1) is 8.19. The number of ether oxygens (including phenoxy) is 1. The molecule has 3 nitrogen and oxygen atoms in total. The smallest absolute Gasteiger partial charge is 0.123 e. The topological polar surface area (TPSA) is 24.5 Å². The number of benzene rings is 1. The van der Waals surface area contributed by atoms with Gasteiger partial charge < -0.3 is 10.1 Å². The van der Waals surface area contributed by atoms with Gasteiger partial charge in [-0.25, -0.2) is 0 Å². The lowest BCUT2D eigenvalue weighted by Crippen LogP contribution is -2.48. The van der Waals surface area contributed by atoms with Gasteiger partial charge in [-0.1, -0.05) is 15.9 Å². The number of nitrogens with zero attached hydrogens (tertiary/aromatic N) is 1. The summed E-state index contributed by atoms with van der Waals surface area (Å²) in [4.78, 5) is 2.46. The van der Waals surface area contributed by atoms with Gasteiger partial charge in [-0.3, -0.25) is 4.90 Å². The molecule has 0 spiro atoms. The monoisotopic (exact) mass is 298 g/mol. The van der Waals surface area contributed by atoms with E-state index in [1.165, 1.54) is 5.56 Å². The highest BCUT2D eigenvalue weighted by Gasteiger charge is 2.17. The Bertz CT molecular complexity index is 384. The summed E-state index contributed by atoms with van der Waals surface area (Å²) in [6.45, 7) is 6.44. The summed E-state index contributed by atoms with van der Waals surface area (Å²) in [6, 6.07) is 6.75. The molecule has 0 radical (unpaired) electrons. The van der Waals surface area contributed by atoms with Crippen molar-refractivity contribution in [3.05, 3.63) is 28.2 Å². The van der Waals surface area contributed by atoms with Crippen molar-refractivity contribution in [3.8, 4) is 5.75 Å². The molecular formula is C13H19BrN2O. The van der Waals surface area contributed by atoms with Crippen LogP contribution in [0.2, 0.25) is 0 Å². The van der Waals surface area contributed by atoms with Crippen LogP contribution in [0.4, 0.5) is 0 Å². The van der Waals surface area contributed by atoms with E-state index in [1.807, 2.05) is 12.1 Å². The molecule has 1 heterocycles. The largest absolute Gasteiger partial charge is 0.496 e. The lowest BCUT2D eigenvalue weighted by atomic mass is 10.1. The molecule has 0 aromatic heterocycles. The second-order valence-electron chi connectivity index (χ2n) is 4.55. The highest BCUT2D eigenvalue weighted by molar-refractivity contribution is 9.10. The number of hydrogen-bond acceptors (Lipinski definition) is 3. The Morgan fingerprint density at radius 3 is 3.06 bits per heavy atom. The van der Waals surface area contributed by atoms with Crippen molar-refractivity contribution in [2.45, 2.75) is 19.5 Å². The third-order valence-corrected chi connectivity index (χ3v) is 3.58. The number of piperazine rings is 1. The average Bonchev–Trinajstić information content (AvgIpc) is 2.29. The Hall–Kier alpha value is -0.580. The zero-order chi connectivity index (χ0) is 12.3. The van der Waals surface area contributed by atoms with Crippen LogP contribution < -0.4 is 10.1 Å². The zero-order valence-corrected chi connectivity index (χ0v) is 12.0. The molecular weight excluding hydrogens is 280 g/mol. The average molecular weight is 299 g/mol. The Balaban J connectivity index is 2.08. The molecule has 0 bridgehead atoms. The Morgan fingerprint density at radius 1 is 1.53 bits per heavy atom. The van der Waals surface area contributed by atoms with E-state index in [0.29, 0.717) is 6.04 Å². The van der Waals surface area contributed by atoms with Gasteiger partial charge in [-0.05, 0) is 25.1 Å². The molecule has 0 aliphatic carbocycles. The molecule has 1 aliphatic heterocycles. The Labute approximate surface area is 111 Å². The number of rotatable bonds is 3. The summed E-state index contributed by atoms with van der Waals surface area (Å²) in [6.07, 6.45) is 0. The molecule has 0 saturated carbocycles. The van der Waals surface area contributed by atoms with Crippen molar-refractivity contribution in [1.29, 1.82) is 0 Å². The minimum Gasteiger partial charge on any atom is -0.496 e. The molecule has 1 aromatic rings. The van der Waals surface area contributed by atoms with E-state index in [1.54, 1.807) is 7.11 Å². The predicted molar refractivity (Wildman–Crippen MR) is 73.4 cm³/mol. The number of methoxy groups -OCH3 is 1. The SMILES string of the molecule is COc1ccc(Br)cc1CN1CCN[C@H](C)C1. The third-order valence-electron chi connectivity index (χ3n) is 3.09. The van der Waals surface area contributed by atoms with E-state index in [4.69, 9.17) is 4.74 Å². The van der Waals surface area contributed by atoms with Crippen molar-refractivity contribution in [2.75, 3.05) is 26.7 Å². The van der Waals surface area contributed by atoms with Crippen LogP contribution in [-0.4, -0.2) is 37.7 Å². The predicted octanol–water partition coefficient (Wildman–Crippen LogP) is 2.25. The van der Waals surface area contributed by atoms with Crippen LogP contribution in [0, 0.1) is 0 Å². The van der Waals surface area contributed by atoms with Crippen LogP contribution in [0.1, 0.15) is 12.5 Å². The molecule has 1 fully saturated rings. The molecule has 1 saturated heterocycles. The second kappa shape index (κ2) is 5.85. The van der Waals surface area contributed by atoms with Gasteiger partial charge in [-0.15, -0.1) is 0 Å². The zero-order valence-electron chi connectivity index (χ0n) is 10.4. The van der Waals surface area contributed by atoms with Crippen LogP contribution in [0.25, 0.3) is 0 Å². The normalized spacial score (nSPS) is 21.5. The molecule has 1 aliphatic rings. The van der Waals surface area contributed by atoms with Crippen molar-refractivity contribution < 1.29 is 4.74 Å². The van der Waals surface area contributed by atoms with Crippen LogP contribution in [0.15, 0.2) is 22.7 Å². The van der Waals surface area contributed by atoms with Gasteiger partial charge in [0.15, 0.2) is 0 Å². The number of hydrogen-bond donors (Lipinski definition) is 1. The van der Waals surface area contributed by atoms with E-state index in [0.717, 1.165) is 36.4 Å². The minimum absolute atomic E-state index is 0.571. The van der Waals surface area contributed by atoms with Crippen LogP contribution >= 0.6 is 15.9 Å². The summed E-state index contributed by atoms with van der Waals surface area (Å²) < 4.78 is 6.51. The standard InChI is InChI=1S/C13H19BrN2O/c1-10-8-16(6-5-15-10)9-11-7-12(14)3-4-13(11)17-2/h3-4,7,10,15H,5-6,8-9H2,1-2H3/t10-/m1/s1. The first-order valence-corrected chi connectivity index (χ1v) is 6.76. The van der Waals surface area contributed by atoms with Gasteiger partial charge in [0.2, 0.25) is 0 Å². The molecule has 17 heavy (non-hydrogen) atoms.